The van der Waals surface area contributed by atoms with Crippen LogP contribution in [0.2, 0.25) is 0 Å². The average molecular weight is 615 g/mol. The molecular weight excluding hydrogens is 557 g/mol. The third kappa shape index (κ3) is 15.3. The zero-order chi connectivity index (χ0) is 28.8. The summed E-state index contributed by atoms with van der Waals surface area (Å²) in [5.74, 6) is -2.62. The topological polar surface area (TPSA) is 120 Å². The van der Waals surface area contributed by atoms with Crippen LogP contribution in [0.4, 0.5) is 0 Å². The smallest absolute Gasteiger partial charge is 0.550 e. The summed E-state index contributed by atoms with van der Waals surface area (Å²) in [6, 6.07) is 0. The molecule has 0 heterocycles. The Balaban J connectivity index is -0.000000218. The molecule has 0 rings (SSSR count). The summed E-state index contributed by atoms with van der Waals surface area (Å²) in [7, 11) is 0. The van der Waals surface area contributed by atoms with Gasteiger partial charge in [0.1, 0.15) is 0 Å². The van der Waals surface area contributed by atoms with E-state index in [1.165, 1.54) is 0 Å². The fourth-order valence-electron chi connectivity index (χ4n) is 4.53. The molecule has 6 nitrogen and oxygen atoms in total. The van der Waals surface area contributed by atoms with Crippen LogP contribution in [0, 0.1) is 16.2 Å². The summed E-state index contributed by atoms with van der Waals surface area (Å²) in [5, 5.41) is 32.6. The van der Waals surface area contributed by atoms with Crippen LogP contribution in [0.25, 0.3) is 0 Å². The van der Waals surface area contributed by atoms with Crippen molar-refractivity contribution in [2.75, 3.05) is 0 Å². The molecule has 0 aliphatic carbocycles. The summed E-state index contributed by atoms with van der Waals surface area (Å²) in [6.07, 6.45) is 12.5. The molecule has 0 bridgehead atoms. The van der Waals surface area contributed by atoms with Gasteiger partial charge >= 0.3 is 19.5 Å². The first-order valence-electron chi connectivity index (χ1n) is 14.5. The van der Waals surface area contributed by atoms with Gasteiger partial charge in [0.05, 0.1) is 0 Å². The number of carbonyl (C=O) groups excluding carboxylic acids is 3. The fourth-order valence-corrected chi connectivity index (χ4v) is 4.53. The number of rotatable bonds is 18. The second-order valence-electron chi connectivity index (χ2n) is 10.1. The minimum absolute atomic E-state index is 0. The van der Waals surface area contributed by atoms with E-state index < -0.39 is 34.2 Å². The van der Waals surface area contributed by atoms with E-state index in [0.717, 1.165) is 57.8 Å². The molecule has 1 radical (unpaired) electrons. The molecule has 0 aromatic carbocycles. The molecule has 0 aromatic rings. The van der Waals surface area contributed by atoms with Crippen LogP contribution in [-0.4, -0.2) is 17.9 Å². The Bertz CT molecular complexity index is 498. The molecule has 0 spiro atoms. The van der Waals surface area contributed by atoms with Crippen molar-refractivity contribution in [1.29, 1.82) is 0 Å². The van der Waals surface area contributed by atoms with Gasteiger partial charge in [0, 0.05) is 34.2 Å². The van der Waals surface area contributed by atoms with Crippen molar-refractivity contribution >= 4 is 17.9 Å². The maximum absolute atomic E-state index is 10.9. The second kappa shape index (κ2) is 24.1. The van der Waals surface area contributed by atoms with Crippen LogP contribution in [0.1, 0.15) is 159 Å². The van der Waals surface area contributed by atoms with E-state index in [4.69, 9.17) is 0 Å². The molecule has 0 aromatic heterocycles. The largest absolute Gasteiger partial charge is 3.00 e. The first kappa shape index (κ1) is 43.1. The maximum Gasteiger partial charge on any atom is 3.00 e. The SMILES string of the molecule is CCCCC(CC)(CC)C(=O)[O-].CCCCC(CC)(CC)C(=O)[O-].CCCCC(CC)(CC)C(=O)[O-].[Ru+3]. The first-order chi connectivity index (χ1) is 16.9. The number of aliphatic carboxylic acids is 3. The van der Waals surface area contributed by atoms with Gasteiger partial charge in [-0.2, -0.15) is 0 Å². The van der Waals surface area contributed by atoms with Gasteiger partial charge in [-0.05, 0) is 57.8 Å². The number of hydrogen-bond donors (Lipinski definition) is 0. The molecule has 0 aliphatic rings. The van der Waals surface area contributed by atoms with E-state index >= 15 is 0 Å². The number of carbonyl (C=O) groups is 3. The Morgan fingerprint density at radius 2 is 0.595 bits per heavy atom. The Kier molecular flexibility index (Phi) is 28.1. The zero-order valence-electron chi connectivity index (χ0n) is 25.4. The predicted octanol–water partition coefficient (Wildman–Crippen LogP) is 5.20. The Morgan fingerprint density at radius 3 is 0.676 bits per heavy atom. The van der Waals surface area contributed by atoms with Gasteiger partial charge in [-0.15, -0.1) is 0 Å². The number of unbranched alkanes of at least 4 members (excludes halogenated alkanes) is 3. The number of carboxylic acids is 3. The Labute approximate surface area is 241 Å². The standard InChI is InChI=1S/3C10H20O2.Ru/c3*1-4-7-8-10(5-2,6-3)9(11)12;/h3*4-8H2,1-3H3,(H,11,12);/q;;;+3/p-3. The summed E-state index contributed by atoms with van der Waals surface area (Å²) in [4.78, 5) is 32.6. The average Bonchev–Trinajstić information content (AvgIpc) is 2.87. The van der Waals surface area contributed by atoms with Crippen molar-refractivity contribution in [3.05, 3.63) is 0 Å². The van der Waals surface area contributed by atoms with E-state index in [2.05, 4.69) is 20.8 Å². The van der Waals surface area contributed by atoms with Gasteiger partial charge in [-0.1, -0.05) is 101 Å². The van der Waals surface area contributed by atoms with Gasteiger partial charge in [0.15, 0.2) is 0 Å². The van der Waals surface area contributed by atoms with Crippen molar-refractivity contribution in [2.24, 2.45) is 16.2 Å². The van der Waals surface area contributed by atoms with E-state index in [0.29, 0.717) is 38.5 Å². The van der Waals surface area contributed by atoms with Crippen LogP contribution >= 0.6 is 0 Å². The molecule has 0 fully saturated rings. The molecular formula is C30H57O6Ru. The maximum atomic E-state index is 10.9. The Hall–Kier alpha value is -0.967. The van der Waals surface area contributed by atoms with E-state index in [9.17, 15) is 29.7 Å². The van der Waals surface area contributed by atoms with Crippen LogP contribution in [0.3, 0.4) is 0 Å². The van der Waals surface area contributed by atoms with Crippen LogP contribution in [0.15, 0.2) is 0 Å². The Morgan fingerprint density at radius 1 is 0.432 bits per heavy atom. The first-order valence-corrected chi connectivity index (χ1v) is 14.5. The molecule has 0 N–H and O–H groups in total. The van der Waals surface area contributed by atoms with Crippen LogP contribution in [0.5, 0.6) is 0 Å². The molecule has 0 atom stereocenters. The van der Waals surface area contributed by atoms with Crippen LogP contribution < -0.4 is 15.3 Å². The minimum atomic E-state index is -0.874. The van der Waals surface area contributed by atoms with Gasteiger partial charge in [0.2, 0.25) is 0 Å². The minimum Gasteiger partial charge on any atom is -0.550 e. The number of carboxylic acid groups (broad SMARTS) is 3. The van der Waals surface area contributed by atoms with Crippen molar-refractivity contribution in [1.82, 2.24) is 0 Å². The van der Waals surface area contributed by atoms with Crippen molar-refractivity contribution in [3.63, 3.8) is 0 Å². The van der Waals surface area contributed by atoms with Gasteiger partial charge < -0.3 is 29.7 Å². The third-order valence-electron chi connectivity index (χ3n) is 8.39. The molecule has 0 amide bonds. The van der Waals surface area contributed by atoms with E-state index in [1.807, 2.05) is 41.5 Å². The van der Waals surface area contributed by atoms with Gasteiger partial charge in [0.25, 0.3) is 0 Å². The quantitative estimate of drug-likeness (QED) is 0.196. The van der Waals surface area contributed by atoms with E-state index in [1.54, 1.807) is 0 Å². The van der Waals surface area contributed by atoms with Crippen LogP contribution in [-0.2, 0) is 33.9 Å². The van der Waals surface area contributed by atoms with Gasteiger partial charge in [-0.3, -0.25) is 0 Å². The molecule has 0 aliphatic heterocycles. The van der Waals surface area contributed by atoms with Crippen molar-refractivity contribution in [2.45, 2.75) is 159 Å². The predicted molar refractivity (Wildman–Crippen MR) is 143 cm³/mol. The summed E-state index contributed by atoms with van der Waals surface area (Å²) in [5.41, 5.74) is -1.68. The molecule has 0 unspecified atom stereocenters. The molecule has 0 saturated heterocycles. The van der Waals surface area contributed by atoms with Crippen molar-refractivity contribution in [3.8, 4) is 0 Å². The normalized spacial score (nSPS) is 11.3. The number of hydrogen-bond acceptors (Lipinski definition) is 6. The fraction of sp³-hybridized carbons (Fsp3) is 0.900. The molecule has 0 saturated carbocycles. The molecule has 37 heavy (non-hydrogen) atoms. The second-order valence-corrected chi connectivity index (χ2v) is 10.1. The monoisotopic (exact) mass is 615 g/mol. The zero-order valence-corrected chi connectivity index (χ0v) is 27.1. The van der Waals surface area contributed by atoms with Crippen molar-refractivity contribution < 1.29 is 49.2 Å². The summed E-state index contributed by atoms with van der Waals surface area (Å²) in [6.45, 7) is 17.8. The summed E-state index contributed by atoms with van der Waals surface area (Å²) < 4.78 is 0. The van der Waals surface area contributed by atoms with Gasteiger partial charge in [-0.25, -0.2) is 0 Å². The third-order valence-corrected chi connectivity index (χ3v) is 8.39. The molecule has 221 valence electrons. The molecule has 7 heteroatoms. The van der Waals surface area contributed by atoms with E-state index in [-0.39, 0.29) is 19.5 Å². The summed E-state index contributed by atoms with van der Waals surface area (Å²) >= 11 is 0.